The van der Waals surface area contributed by atoms with Crippen LogP contribution in [0.5, 0.6) is 0 Å². The van der Waals surface area contributed by atoms with Gasteiger partial charge in [0.25, 0.3) is 10.8 Å². The Balaban J connectivity index is 2.72. The van der Waals surface area contributed by atoms with Crippen LogP contribution in [0.4, 0.5) is 4.39 Å². The fourth-order valence-electron chi connectivity index (χ4n) is 1.96. The summed E-state index contributed by atoms with van der Waals surface area (Å²) in [6.07, 6.45) is 1.33. The lowest BCUT2D eigenvalue weighted by molar-refractivity contribution is 0.107. The van der Waals surface area contributed by atoms with Gasteiger partial charge in [-0.2, -0.15) is 0 Å². The van der Waals surface area contributed by atoms with Crippen molar-refractivity contribution in [2.45, 2.75) is 13.0 Å². The summed E-state index contributed by atoms with van der Waals surface area (Å²) in [6.45, 7) is -0.0553. The molecule has 0 fully saturated rings. The Hall–Kier alpha value is -2.25. The summed E-state index contributed by atoms with van der Waals surface area (Å²) in [7, 11) is 0. The molecule has 0 radical (unpaired) electrons. The van der Waals surface area contributed by atoms with Gasteiger partial charge in [0.2, 0.25) is 0 Å². The first-order chi connectivity index (χ1) is 10.5. The van der Waals surface area contributed by atoms with Gasteiger partial charge in [-0.3, -0.25) is 14.2 Å². The lowest BCUT2D eigenvalue weighted by Crippen LogP contribution is -2.41. The number of aliphatic hydroxyl groups excluding tert-OH is 1. The summed E-state index contributed by atoms with van der Waals surface area (Å²) in [6, 6.07) is 4.68. The molecular formula is C14H12ClFN2O4. The van der Waals surface area contributed by atoms with Crippen molar-refractivity contribution in [1.82, 2.24) is 9.13 Å². The molecule has 6 nitrogen and oxygen atoms in total. The Bertz CT molecular complexity index is 811. The highest BCUT2D eigenvalue weighted by Crippen LogP contribution is 2.06. The van der Waals surface area contributed by atoms with E-state index in [0.29, 0.717) is 0 Å². The number of aliphatic hydroxyl groups is 1. The molecule has 0 aliphatic carbocycles. The summed E-state index contributed by atoms with van der Waals surface area (Å²) in [5.41, 5.74) is -1.83. The molecule has 0 unspecified atom stereocenters. The van der Waals surface area contributed by atoms with E-state index in [-0.39, 0.29) is 30.8 Å². The molecule has 0 aliphatic heterocycles. The Morgan fingerprint density at radius 3 is 2.41 bits per heavy atom. The average Bonchev–Trinajstić information content (AvgIpc) is 2.48. The van der Waals surface area contributed by atoms with Gasteiger partial charge in [-0.05, 0) is 42.3 Å². The zero-order chi connectivity index (χ0) is 16.3. The summed E-state index contributed by atoms with van der Waals surface area (Å²) < 4.78 is 14.8. The van der Waals surface area contributed by atoms with Gasteiger partial charge >= 0.3 is 5.69 Å². The SMILES string of the molecule is O=C(Cl)c1cn(CCCO)c(=O)n(-c2ccc(F)cc2)c1=O. The molecule has 0 spiro atoms. The molecular weight excluding hydrogens is 315 g/mol. The molecule has 0 aliphatic rings. The first-order valence-corrected chi connectivity index (χ1v) is 6.76. The minimum Gasteiger partial charge on any atom is -0.396 e. The van der Waals surface area contributed by atoms with Crippen molar-refractivity contribution in [3.8, 4) is 5.69 Å². The van der Waals surface area contributed by atoms with Gasteiger partial charge in [0.05, 0.1) is 5.69 Å². The first-order valence-electron chi connectivity index (χ1n) is 6.39. The zero-order valence-electron chi connectivity index (χ0n) is 11.3. The van der Waals surface area contributed by atoms with Gasteiger partial charge in [0, 0.05) is 19.3 Å². The number of hydrogen-bond donors (Lipinski definition) is 1. The molecule has 116 valence electrons. The maximum atomic E-state index is 13.0. The van der Waals surface area contributed by atoms with Crippen LogP contribution in [0.3, 0.4) is 0 Å². The van der Waals surface area contributed by atoms with Crippen molar-refractivity contribution in [1.29, 1.82) is 0 Å². The fourth-order valence-corrected chi connectivity index (χ4v) is 2.09. The number of carbonyl (C=O) groups is 1. The molecule has 22 heavy (non-hydrogen) atoms. The molecule has 1 aromatic heterocycles. The van der Waals surface area contributed by atoms with Crippen LogP contribution in [-0.2, 0) is 6.54 Å². The van der Waals surface area contributed by atoms with Gasteiger partial charge in [0.15, 0.2) is 0 Å². The number of aromatic nitrogens is 2. The molecule has 2 aromatic rings. The molecule has 0 saturated heterocycles. The van der Waals surface area contributed by atoms with Crippen LogP contribution in [0.2, 0.25) is 0 Å². The molecule has 0 atom stereocenters. The van der Waals surface area contributed by atoms with Crippen LogP contribution >= 0.6 is 11.6 Å². The highest BCUT2D eigenvalue weighted by atomic mass is 35.5. The molecule has 0 saturated carbocycles. The Labute approximate surface area is 129 Å². The third-order valence-corrected chi connectivity index (χ3v) is 3.21. The molecule has 1 aromatic carbocycles. The first kappa shape index (κ1) is 16.1. The zero-order valence-corrected chi connectivity index (χ0v) is 12.1. The third kappa shape index (κ3) is 3.15. The van der Waals surface area contributed by atoms with E-state index in [1.807, 2.05) is 0 Å². The quantitative estimate of drug-likeness (QED) is 0.828. The largest absolute Gasteiger partial charge is 0.396 e. The minimum atomic E-state index is -1.00. The molecule has 8 heteroatoms. The Morgan fingerprint density at radius 2 is 1.86 bits per heavy atom. The third-order valence-electron chi connectivity index (χ3n) is 3.01. The van der Waals surface area contributed by atoms with Crippen molar-refractivity contribution in [2.24, 2.45) is 0 Å². The standard InChI is InChI=1S/C14H12ClFN2O4/c15-12(20)11-8-17(6-1-7-19)14(22)18(13(11)21)10-4-2-9(16)3-5-10/h2-5,8,19H,1,6-7H2. The molecule has 1 heterocycles. The van der Waals surface area contributed by atoms with Crippen molar-refractivity contribution in [3.63, 3.8) is 0 Å². The number of aryl methyl sites for hydroxylation is 1. The van der Waals surface area contributed by atoms with E-state index in [1.54, 1.807) is 0 Å². The van der Waals surface area contributed by atoms with Crippen molar-refractivity contribution < 1.29 is 14.3 Å². The molecule has 1 N–H and O–H groups in total. The maximum Gasteiger partial charge on any atom is 0.335 e. The van der Waals surface area contributed by atoms with Gasteiger partial charge in [0.1, 0.15) is 11.4 Å². The van der Waals surface area contributed by atoms with Gasteiger partial charge in [-0.25, -0.2) is 13.8 Å². The van der Waals surface area contributed by atoms with Crippen LogP contribution in [0.15, 0.2) is 40.1 Å². The highest BCUT2D eigenvalue weighted by molar-refractivity contribution is 6.67. The van der Waals surface area contributed by atoms with E-state index in [2.05, 4.69) is 0 Å². The van der Waals surface area contributed by atoms with Crippen LogP contribution < -0.4 is 11.2 Å². The van der Waals surface area contributed by atoms with E-state index in [0.717, 1.165) is 27.5 Å². The monoisotopic (exact) mass is 326 g/mol. The molecule has 2 rings (SSSR count). The van der Waals surface area contributed by atoms with Gasteiger partial charge in [-0.15, -0.1) is 0 Å². The second-order valence-corrected chi connectivity index (χ2v) is 4.83. The van der Waals surface area contributed by atoms with E-state index in [9.17, 15) is 18.8 Å². The Morgan fingerprint density at radius 1 is 1.23 bits per heavy atom. The van der Waals surface area contributed by atoms with E-state index in [1.165, 1.54) is 12.1 Å². The lowest BCUT2D eigenvalue weighted by Gasteiger charge is -2.11. The van der Waals surface area contributed by atoms with Gasteiger partial charge in [-0.1, -0.05) is 0 Å². The number of nitrogens with zero attached hydrogens (tertiary/aromatic N) is 2. The van der Waals surface area contributed by atoms with Gasteiger partial charge < -0.3 is 5.11 Å². The number of benzene rings is 1. The smallest absolute Gasteiger partial charge is 0.335 e. The van der Waals surface area contributed by atoms with Crippen molar-refractivity contribution >= 4 is 16.8 Å². The fraction of sp³-hybridized carbons (Fsp3) is 0.214. The summed E-state index contributed by atoms with van der Waals surface area (Å²) >= 11 is 5.37. The summed E-state index contributed by atoms with van der Waals surface area (Å²) in [4.78, 5) is 36.0. The average molecular weight is 327 g/mol. The number of carbonyl (C=O) groups excluding carboxylic acids is 1. The highest BCUT2D eigenvalue weighted by Gasteiger charge is 2.17. The lowest BCUT2D eigenvalue weighted by atomic mass is 10.3. The molecule has 0 bridgehead atoms. The predicted octanol–water partition coefficient (Wildman–Crippen LogP) is 0.900. The van der Waals surface area contributed by atoms with Crippen LogP contribution in [-0.4, -0.2) is 26.1 Å². The Kier molecular flexibility index (Phi) is 4.89. The number of rotatable bonds is 5. The second kappa shape index (κ2) is 6.67. The van der Waals surface area contributed by atoms with E-state index in [4.69, 9.17) is 16.7 Å². The number of halogens is 2. The van der Waals surface area contributed by atoms with Crippen molar-refractivity contribution in [3.05, 3.63) is 62.7 Å². The minimum absolute atomic E-state index is 0.105. The van der Waals surface area contributed by atoms with Crippen LogP contribution in [0.25, 0.3) is 5.69 Å². The maximum absolute atomic E-state index is 13.0. The summed E-state index contributed by atoms with van der Waals surface area (Å²) in [5.74, 6) is -0.526. The normalized spacial score (nSPS) is 10.7. The molecule has 0 amide bonds. The second-order valence-electron chi connectivity index (χ2n) is 4.49. The number of hydrogen-bond acceptors (Lipinski definition) is 4. The van der Waals surface area contributed by atoms with E-state index < -0.39 is 22.3 Å². The topological polar surface area (TPSA) is 81.3 Å². The van der Waals surface area contributed by atoms with Crippen molar-refractivity contribution in [2.75, 3.05) is 6.61 Å². The van der Waals surface area contributed by atoms with Crippen LogP contribution in [0, 0.1) is 5.82 Å². The predicted molar refractivity (Wildman–Crippen MR) is 78.1 cm³/mol. The van der Waals surface area contributed by atoms with Crippen LogP contribution in [0.1, 0.15) is 16.8 Å². The summed E-state index contributed by atoms with van der Waals surface area (Å²) in [5, 5.41) is 7.85. The van der Waals surface area contributed by atoms with E-state index >= 15 is 0 Å².